The van der Waals surface area contributed by atoms with Crippen LogP contribution in [0.4, 0.5) is 14.9 Å². The molecule has 0 aromatic heterocycles. The van der Waals surface area contributed by atoms with Crippen LogP contribution in [0.15, 0.2) is 53.5 Å². The van der Waals surface area contributed by atoms with Crippen LogP contribution in [0, 0.1) is 5.82 Å². The van der Waals surface area contributed by atoms with Gasteiger partial charge in [-0.1, -0.05) is 35.9 Å². The molecule has 0 unspecified atom stereocenters. The lowest BCUT2D eigenvalue weighted by atomic mass is 10.2. The summed E-state index contributed by atoms with van der Waals surface area (Å²) in [5, 5.41) is 3.07. The average molecular weight is 405 g/mol. The third-order valence-corrected chi connectivity index (χ3v) is 4.22. The monoisotopic (exact) mass is 404 g/mol. The number of amides is 3. The van der Waals surface area contributed by atoms with Crippen LogP contribution in [0.2, 0.25) is 5.02 Å². The van der Waals surface area contributed by atoms with Crippen molar-refractivity contribution in [2.75, 3.05) is 7.05 Å². The quantitative estimate of drug-likeness (QED) is 0.462. The molecular weight excluding hydrogens is 383 g/mol. The van der Waals surface area contributed by atoms with E-state index in [0.29, 0.717) is 23.7 Å². The van der Waals surface area contributed by atoms with Gasteiger partial charge in [-0.25, -0.2) is 14.2 Å². The van der Waals surface area contributed by atoms with Crippen molar-refractivity contribution in [2.45, 2.75) is 26.4 Å². The Morgan fingerprint density at radius 3 is 2.43 bits per heavy atom. The lowest BCUT2D eigenvalue weighted by Crippen LogP contribution is -2.49. The molecule has 0 radical (unpaired) electrons. The van der Waals surface area contributed by atoms with Crippen molar-refractivity contribution in [3.63, 3.8) is 0 Å². The highest BCUT2D eigenvalue weighted by molar-refractivity contribution is 6.33. The number of benzene rings is 2. The van der Waals surface area contributed by atoms with Crippen molar-refractivity contribution in [1.82, 2.24) is 15.1 Å². The van der Waals surface area contributed by atoms with Gasteiger partial charge >= 0.3 is 6.03 Å². The number of nitrogens with one attached hydrogen (secondary N) is 1. The molecule has 0 aliphatic rings. The summed E-state index contributed by atoms with van der Waals surface area (Å²) in [5.74, 6) is -0.127. The van der Waals surface area contributed by atoms with E-state index in [1.807, 2.05) is 0 Å². The summed E-state index contributed by atoms with van der Waals surface area (Å²) in [6, 6.07) is 12.0. The van der Waals surface area contributed by atoms with Crippen LogP contribution in [0.5, 0.6) is 0 Å². The van der Waals surface area contributed by atoms with E-state index in [4.69, 9.17) is 11.6 Å². The van der Waals surface area contributed by atoms with Crippen molar-refractivity contribution < 1.29 is 14.0 Å². The molecule has 0 aliphatic heterocycles. The van der Waals surface area contributed by atoms with Gasteiger partial charge in [-0.2, -0.15) is 0 Å². The van der Waals surface area contributed by atoms with Gasteiger partial charge in [0.1, 0.15) is 5.82 Å². The molecule has 2 aromatic carbocycles. The minimum absolute atomic E-state index is 0.204. The molecule has 3 amide bonds. The van der Waals surface area contributed by atoms with Gasteiger partial charge in [0.2, 0.25) is 12.4 Å². The third kappa shape index (κ3) is 5.79. The normalized spacial score (nSPS) is 11.3. The Labute approximate surface area is 168 Å². The summed E-state index contributed by atoms with van der Waals surface area (Å²) in [4.78, 5) is 30.9. The molecule has 0 aliphatic carbocycles. The molecule has 2 rings (SSSR count). The second-order valence-electron chi connectivity index (χ2n) is 6.41. The highest BCUT2D eigenvalue weighted by atomic mass is 35.5. The molecule has 1 N–H and O–H groups in total. The molecule has 0 heterocycles. The fraction of sp³-hybridized carbons (Fsp3) is 0.250. The van der Waals surface area contributed by atoms with Gasteiger partial charge in [0.15, 0.2) is 0 Å². The molecule has 148 valence electrons. The third-order valence-electron chi connectivity index (χ3n) is 3.90. The number of hydrogen-bond donors (Lipinski definition) is 1. The molecule has 8 heteroatoms. The summed E-state index contributed by atoms with van der Waals surface area (Å²) < 4.78 is 13.1. The number of halogens is 2. The van der Waals surface area contributed by atoms with Crippen molar-refractivity contribution in [2.24, 2.45) is 4.99 Å². The van der Waals surface area contributed by atoms with Crippen LogP contribution in [-0.4, -0.2) is 41.3 Å². The molecule has 0 saturated carbocycles. The van der Waals surface area contributed by atoms with E-state index in [2.05, 4.69) is 10.3 Å². The Balaban J connectivity index is 2.32. The maximum absolute atomic E-state index is 13.1. The van der Waals surface area contributed by atoms with Crippen LogP contribution in [0.1, 0.15) is 19.4 Å². The number of aliphatic imine (C=N–C) groups is 1. The van der Waals surface area contributed by atoms with Crippen molar-refractivity contribution >= 4 is 35.7 Å². The topological polar surface area (TPSA) is 65.0 Å². The first-order chi connectivity index (χ1) is 13.3. The van der Waals surface area contributed by atoms with E-state index in [9.17, 15) is 14.0 Å². The van der Waals surface area contributed by atoms with E-state index < -0.39 is 6.03 Å². The molecule has 0 bridgehead atoms. The second kappa shape index (κ2) is 9.85. The maximum atomic E-state index is 13.1. The average Bonchev–Trinajstić information content (AvgIpc) is 2.65. The molecule has 2 aromatic rings. The Morgan fingerprint density at radius 2 is 1.86 bits per heavy atom. The minimum Gasteiger partial charge on any atom is -0.341 e. The number of carbonyl (C=O) groups excluding carboxylic acids is 2. The molecule has 28 heavy (non-hydrogen) atoms. The van der Waals surface area contributed by atoms with Gasteiger partial charge < -0.3 is 4.90 Å². The van der Waals surface area contributed by atoms with Crippen LogP contribution >= 0.6 is 11.6 Å². The minimum atomic E-state index is -0.609. The molecule has 0 atom stereocenters. The SMILES string of the molecule is CC(C)N(C=O)C(=O)NC(=Nc1ccccc1Cl)N(C)Cc1ccc(F)cc1. The fourth-order valence-corrected chi connectivity index (χ4v) is 2.55. The molecule has 6 nitrogen and oxygen atoms in total. The predicted octanol–water partition coefficient (Wildman–Crippen LogP) is 4.18. The Bertz CT molecular complexity index is 856. The highest BCUT2D eigenvalue weighted by Gasteiger charge is 2.20. The maximum Gasteiger partial charge on any atom is 0.330 e. The first kappa shape index (κ1) is 21.4. The highest BCUT2D eigenvalue weighted by Crippen LogP contribution is 2.24. The summed E-state index contributed by atoms with van der Waals surface area (Å²) in [6.07, 6.45) is 0.465. The molecule has 0 saturated heterocycles. The van der Waals surface area contributed by atoms with Crippen LogP contribution in [0.3, 0.4) is 0 Å². The zero-order chi connectivity index (χ0) is 20.7. The standard InChI is InChI=1S/C20H22ClFN4O2/c1-14(2)26(13-27)20(28)24-19(23-18-7-5-4-6-17(18)21)25(3)12-15-8-10-16(22)11-9-15/h4-11,13-14H,12H2,1-3H3,(H,23,24,28). The predicted molar refractivity (Wildman–Crippen MR) is 108 cm³/mol. The summed E-state index contributed by atoms with van der Waals surface area (Å²) in [6.45, 7) is 3.80. The van der Waals surface area contributed by atoms with Crippen molar-refractivity contribution in [3.8, 4) is 0 Å². The van der Waals surface area contributed by atoms with Crippen LogP contribution in [-0.2, 0) is 11.3 Å². The van der Waals surface area contributed by atoms with E-state index in [1.54, 1.807) is 62.2 Å². The van der Waals surface area contributed by atoms with Gasteiger partial charge in [-0.3, -0.25) is 15.0 Å². The number of para-hydroxylation sites is 1. The van der Waals surface area contributed by atoms with Gasteiger partial charge in [-0.05, 0) is 43.7 Å². The van der Waals surface area contributed by atoms with E-state index in [-0.39, 0.29) is 17.8 Å². The smallest absolute Gasteiger partial charge is 0.330 e. The number of rotatable bonds is 5. The lowest BCUT2D eigenvalue weighted by molar-refractivity contribution is -0.116. The number of nitrogens with zero attached hydrogens (tertiary/aromatic N) is 3. The van der Waals surface area contributed by atoms with Gasteiger partial charge in [-0.15, -0.1) is 0 Å². The zero-order valence-electron chi connectivity index (χ0n) is 15.9. The summed E-state index contributed by atoms with van der Waals surface area (Å²) in [5.41, 5.74) is 1.29. The van der Waals surface area contributed by atoms with E-state index >= 15 is 0 Å². The van der Waals surface area contributed by atoms with Crippen molar-refractivity contribution in [1.29, 1.82) is 0 Å². The van der Waals surface area contributed by atoms with E-state index in [1.165, 1.54) is 12.1 Å². The van der Waals surface area contributed by atoms with Crippen LogP contribution < -0.4 is 5.32 Å². The van der Waals surface area contributed by atoms with Gasteiger partial charge in [0.05, 0.1) is 10.7 Å². The van der Waals surface area contributed by atoms with Gasteiger partial charge in [0, 0.05) is 19.6 Å². The molecule has 0 fully saturated rings. The lowest BCUT2D eigenvalue weighted by Gasteiger charge is -2.25. The molecular formula is C20H22ClFN4O2. The van der Waals surface area contributed by atoms with Crippen LogP contribution in [0.25, 0.3) is 0 Å². The largest absolute Gasteiger partial charge is 0.341 e. The summed E-state index contributed by atoms with van der Waals surface area (Å²) in [7, 11) is 1.72. The number of urea groups is 1. The molecule has 0 spiro atoms. The van der Waals surface area contributed by atoms with E-state index in [0.717, 1.165) is 10.5 Å². The zero-order valence-corrected chi connectivity index (χ0v) is 16.7. The Kier molecular flexibility index (Phi) is 7.52. The first-order valence-electron chi connectivity index (χ1n) is 8.65. The Hall–Kier alpha value is -2.93. The van der Waals surface area contributed by atoms with Gasteiger partial charge in [0.25, 0.3) is 0 Å². The number of guanidine groups is 1. The fourth-order valence-electron chi connectivity index (χ4n) is 2.37. The second-order valence-corrected chi connectivity index (χ2v) is 6.81. The first-order valence-corrected chi connectivity index (χ1v) is 9.03. The number of imide groups is 1. The number of hydrogen-bond acceptors (Lipinski definition) is 3. The Morgan fingerprint density at radius 1 is 1.21 bits per heavy atom. The number of carbonyl (C=O) groups is 2. The summed E-state index contributed by atoms with van der Waals surface area (Å²) >= 11 is 6.18. The van der Waals surface area contributed by atoms with Crippen molar-refractivity contribution in [3.05, 3.63) is 64.9 Å².